The molecule has 0 aliphatic carbocycles. The standard InChI is InChI=1S/C23H32N4O6/c1-22(2,3)32-20(28)25-14-15-7-8-16(26-21(29)33-23(4,5)6)13-17(15)27-10-9-24-18(27)19-30-11-12-31-19/h7-10,13,19H,11-12,14H2,1-6H3,(H,25,28)(H,26,29). The summed E-state index contributed by atoms with van der Waals surface area (Å²) in [5.74, 6) is 0.556. The summed E-state index contributed by atoms with van der Waals surface area (Å²) in [7, 11) is 0. The van der Waals surface area contributed by atoms with Gasteiger partial charge >= 0.3 is 12.2 Å². The lowest BCUT2D eigenvalue weighted by Gasteiger charge is -2.22. The number of alkyl carbamates (subject to hydrolysis) is 1. The van der Waals surface area contributed by atoms with Crippen LogP contribution in [0.25, 0.3) is 5.69 Å². The molecular weight excluding hydrogens is 428 g/mol. The summed E-state index contributed by atoms with van der Waals surface area (Å²) in [5, 5.41) is 5.51. The molecule has 1 aromatic carbocycles. The molecule has 1 aromatic heterocycles. The molecule has 10 nitrogen and oxygen atoms in total. The van der Waals surface area contributed by atoms with Gasteiger partial charge in [-0.1, -0.05) is 6.07 Å². The number of amides is 2. The van der Waals surface area contributed by atoms with E-state index in [1.807, 2.05) is 4.57 Å². The zero-order valence-corrected chi connectivity index (χ0v) is 19.9. The number of benzene rings is 1. The minimum atomic E-state index is -0.626. The molecule has 0 bridgehead atoms. The Morgan fingerprint density at radius 1 is 1.06 bits per heavy atom. The number of ether oxygens (including phenoxy) is 4. The van der Waals surface area contributed by atoms with Crippen LogP contribution in [0.15, 0.2) is 30.6 Å². The van der Waals surface area contributed by atoms with Crippen LogP contribution >= 0.6 is 0 Å². The fourth-order valence-corrected chi connectivity index (χ4v) is 3.12. The topological polar surface area (TPSA) is 113 Å². The third-order valence-electron chi connectivity index (χ3n) is 4.31. The van der Waals surface area contributed by atoms with Gasteiger partial charge in [-0.2, -0.15) is 0 Å². The SMILES string of the molecule is CC(C)(C)OC(=O)NCc1ccc(NC(=O)OC(C)(C)C)cc1-n1ccnc1C1OCCO1. The zero-order chi connectivity index (χ0) is 24.2. The molecule has 1 saturated heterocycles. The van der Waals surface area contributed by atoms with Gasteiger partial charge in [-0.05, 0) is 59.2 Å². The van der Waals surface area contributed by atoms with Crippen molar-refractivity contribution in [1.82, 2.24) is 14.9 Å². The predicted octanol–water partition coefficient (Wildman–Crippen LogP) is 4.29. The highest BCUT2D eigenvalue weighted by molar-refractivity contribution is 5.85. The van der Waals surface area contributed by atoms with Crippen molar-refractivity contribution in [3.63, 3.8) is 0 Å². The van der Waals surface area contributed by atoms with Gasteiger partial charge in [0.1, 0.15) is 11.2 Å². The quantitative estimate of drug-likeness (QED) is 0.684. The average Bonchev–Trinajstić information content (AvgIpc) is 3.35. The summed E-state index contributed by atoms with van der Waals surface area (Å²) in [6, 6.07) is 5.31. The van der Waals surface area contributed by atoms with E-state index in [4.69, 9.17) is 18.9 Å². The lowest BCUT2D eigenvalue weighted by Crippen LogP contribution is -2.32. The number of nitrogens with zero attached hydrogens (tertiary/aromatic N) is 2. The lowest BCUT2D eigenvalue weighted by atomic mass is 10.1. The Labute approximate surface area is 193 Å². The number of hydrogen-bond acceptors (Lipinski definition) is 7. The Hall–Kier alpha value is -3.11. The van der Waals surface area contributed by atoms with Crippen molar-refractivity contribution in [1.29, 1.82) is 0 Å². The highest BCUT2D eigenvalue weighted by atomic mass is 16.7. The maximum absolute atomic E-state index is 12.3. The van der Waals surface area contributed by atoms with Gasteiger partial charge in [0.2, 0.25) is 6.29 Å². The van der Waals surface area contributed by atoms with E-state index in [0.29, 0.717) is 30.4 Å². The van der Waals surface area contributed by atoms with Crippen molar-refractivity contribution in [3.8, 4) is 5.69 Å². The molecule has 2 N–H and O–H groups in total. The van der Waals surface area contributed by atoms with E-state index < -0.39 is 29.7 Å². The first-order valence-electron chi connectivity index (χ1n) is 10.8. The van der Waals surface area contributed by atoms with Crippen molar-refractivity contribution < 1.29 is 28.5 Å². The van der Waals surface area contributed by atoms with Gasteiger partial charge in [0.25, 0.3) is 0 Å². The summed E-state index contributed by atoms with van der Waals surface area (Å²) >= 11 is 0. The second kappa shape index (κ2) is 9.80. The molecule has 2 aromatic rings. The van der Waals surface area contributed by atoms with Crippen LogP contribution in [0.2, 0.25) is 0 Å². The number of carbonyl (C=O) groups is 2. The Kier molecular flexibility index (Phi) is 7.28. The van der Waals surface area contributed by atoms with Gasteiger partial charge in [-0.15, -0.1) is 0 Å². The van der Waals surface area contributed by atoms with Gasteiger partial charge in [0.15, 0.2) is 5.82 Å². The fraction of sp³-hybridized carbons (Fsp3) is 0.522. The van der Waals surface area contributed by atoms with Crippen LogP contribution in [0.3, 0.4) is 0 Å². The summed E-state index contributed by atoms with van der Waals surface area (Å²) in [5.41, 5.74) is 0.744. The van der Waals surface area contributed by atoms with Crippen LogP contribution in [0, 0.1) is 0 Å². The number of aromatic nitrogens is 2. The molecule has 3 rings (SSSR count). The molecule has 33 heavy (non-hydrogen) atoms. The van der Waals surface area contributed by atoms with Crippen molar-refractivity contribution in [3.05, 3.63) is 42.0 Å². The van der Waals surface area contributed by atoms with Gasteiger partial charge in [0.05, 0.1) is 18.9 Å². The van der Waals surface area contributed by atoms with Crippen LogP contribution < -0.4 is 10.6 Å². The normalized spacial score (nSPS) is 14.7. The molecule has 10 heteroatoms. The van der Waals surface area contributed by atoms with E-state index in [2.05, 4.69) is 15.6 Å². The third-order valence-corrected chi connectivity index (χ3v) is 4.31. The Balaban J connectivity index is 1.89. The van der Waals surface area contributed by atoms with Gasteiger partial charge in [-0.3, -0.25) is 9.88 Å². The molecule has 2 amide bonds. The second-order valence-electron chi connectivity index (χ2n) is 9.55. The molecule has 0 atom stereocenters. The lowest BCUT2D eigenvalue weighted by molar-refractivity contribution is -0.0516. The van der Waals surface area contributed by atoms with Gasteiger partial charge in [0, 0.05) is 24.6 Å². The van der Waals surface area contributed by atoms with Gasteiger partial charge < -0.3 is 24.3 Å². The maximum Gasteiger partial charge on any atom is 0.412 e. The molecule has 0 radical (unpaired) electrons. The largest absolute Gasteiger partial charge is 0.444 e. The number of hydrogen-bond donors (Lipinski definition) is 2. The molecule has 180 valence electrons. The van der Waals surface area contributed by atoms with Gasteiger partial charge in [-0.25, -0.2) is 14.6 Å². The van der Waals surface area contributed by atoms with E-state index in [0.717, 1.165) is 5.56 Å². The molecule has 0 unspecified atom stereocenters. The van der Waals surface area contributed by atoms with E-state index in [9.17, 15) is 9.59 Å². The minimum absolute atomic E-state index is 0.195. The fourth-order valence-electron chi connectivity index (χ4n) is 3.12. The van der Waals surface area contributed by atoms with Crippen molar-refractivity contribution in [2.45, 2.75) is 65.6 Å². The van der Waals surface area contributed by atoms with E-state index in [1.165, 1.54) is 0 Å². The van der Waals surface area contributed by atoms with Crippen LogP contribution in [-0.2, 0) is 25.5 Å². The van der Waals surface area contributed by atoms with E-state index in [1.54, 1.807) is 72.1 Å². The van der Waals surface area contributed by atoms with Crippen molar-refractivity contribution in [2.24, 2.45) is 0 Å². The molecule has 1 fully saturated rings. The first-order valence-corrected chi connectivity index (χ1v) is 10.8. The molecular formula is C23H32N4O6. The molecule has 2 heterocycles. The Morgan fingerprint density at radius 2 is 1.70 bits per heavy atom. The third kappa shape index (κ3) is 7.19. The predicted molar refractivity (Wildman–Crippen MR) is 121 cm³/mol. The summed E-state index contributed by atoms with van der Waals surface area (Å²) in [6.45, 7) is 11.9. The molecule has 0 saturated carbocycles. The number of rotatable bonds is 5. The number of nitrogens with one attached hydrogen (secondary N) is 2. The summed E-state index contributed by atoms with van der Waals surface area (Å²) in [6.07, 6.45) is 1.71. The molecule has 1 aliphatic heterocycles. The maximum atomic E-state index is 12.3. The van der Waals surface area contributed by atoms with E-state index >= 15 is 0 Å². The molecule has 1 aliphatic rings. The smallest absolute Gasteiger partial charge is 0.412 e. The number of carbonyl (C=O) groups excluding carboxylic acids is 2. The minimum Gasteiger partial charge on any atom is -0.444 e. The van der Waals surface area contributed by atoms with Crippen molar-refractivity contribution in [2.75, 3.05) is 18.5 Å². The Bertz CT molecular complexity index is 984. The van der Waals surface area contributed by atoms with E-state index in [-0.39, 0.29) is 6.54 Å². The summed E-state index contributed by atoms with van der Waals surface area (Å²) in [4.78, 5) is 28.8. The first-order chi connectivity index (χ1) is 15.4. The number of imidazole rings is 1. The highest BCUT2D eigenvalue weighted by Gasteiger charge is 2.25. The highest BCUT2D eigenvalue weighted by Crippen LogP contribution is 2.28. The summed E-state index contributed by atoms with van der Waals surface area (Å²) < 4.78 is 23.7. The van der Waals surface area contributed by atoms with Crippen LogP contribution in [0.4, 0.5) is 15.3 Å². The van der Waals surface area contributed by atoms with Crippen LogP contribution in [0.5, 0.6) is 0 Å². The molecule has 0 spiro atoms. The average molecular weight is 461 g/mol. The monoisotopic (exact) mass is 460 g/mol. The Morgan fingerprint density at radius 3 is 2.33 bits per heavy atom. The van der Waals surface area contributed by atoms with Crippen LogP contribution in [0.1, 0.15) is 59.2 Å². The zero-order valence-electron chi connectivity index (χ0n) is 19.9. The van der Waals surface area contributed by atoms with Crippen molar-refractivity contribution >= 4 is 17.9 Å². The number of anilines is 1. The first kappa shape index (κ1) is 24.5. The second-order valence-corrected chi connectivity index (χ2v) is 9.55. The van der Waals surface area contributed by atoms with Crippen LogP contribution in [-0.4, -0.2) is 46.2 Å².